The van der Waals surface area contributed by atoms with E-state index in [4.69, 9.17) is 0 Å². The Hall–Kier alpha value is -1.45. The van der Waals surface area contributed by atoms with Crippen molar-refractivity contribution < 1.29 is 9.59 Å². The monoisotopic (exact) mass is 294 g/mol. The Labute approximate surface area is 107 Å². The van der Waals surface area contributed by atoms with Gasteiger partial charge in [-0.3, -0.25) is 4.79 Å². The van der Waals surface area contributed by atoms with Gasteiger partial charge >= 0.3 is 0 Å². The second-order valence-electron chi connectivity index (χ2n) is 4.01. The molecule has 1 aliphatic rings. The summed E-state index contributed by atoms with van der Waals surface area (Å²) in [6.45, 7) is 2.40. The summed E-state index contributed by atoms with van der Waals surface area (Å²) < 4.78 is 0.979. The molecule has 1 fully saturated rings. The normalized spacial score (nSPS) is 19.3. The molecule has 0 radical (unpaired) electrons. The van der Waals surface area contributed by atoms with Crippen molar-refractivity contribution in [1.82, 2.24) is 0 Å². The van der Waals surface area contributed by atoms with Crippen LogP contribution in [0, 0.1) is 6.92 Å². The van der Waals surface area contributed by atoms with Gasteiger partial charge in [-0.05, 0) is 30.7 Å². The molecule has 0 aliphatic carbocycles. The van der Waals surface area contributed by atoms with E-state index in [9.17, 15) is 9.59 Å². The number of hydrogen-bond acceptors (Lipinski definition) is 3. The highest BCUT2D eigenvalue weighted by molar-refractivity contribution is 9.10. The van der Waals surface area contributed by atoms with E-state index in [2.05, 4.69) is 20.9 Å². The van der Waals surface area contributed by atoms with Gasteiger partial charge in [-0.2, -0.15) is 0 Å². The van der Waals surface area contributed by atoms with Gasteiger partial charge in [0.15, 0.2) is 0 Å². The van der Waals surface area contributed by atoms with Crippen molar-refractivity contribution in [1.29, 1.82) is 0 Å². The average Bonchev–Trinajstić information content (AvgIpc) is 2.60. The number of carbonyl (C=O) groups is 1. The van der Waals surface area contributed by atoms with Gasteiger partial charge in [0.1, 0.15) is 0 Å². The highest BCUT2D eigenvalue weighted by Gasteiger charge is 2.31. The second-order valence-corrected chi connectivity index (χ2v) is 4.93. The quantitative estimate of drug-likeness (QED) is 0.620. The standard InChI is InChI=1S/C12H11BrN2O2/c1-8-4-9(13)2-3-11(8)15-6-10(14-7-16)5-12(15)17/h2-4,10H,5-6H2,1H3. The molecule has 0 spiro atoms. The smallest absolute Gasteiger partial charge is 0.235 e. The van der Waals surface area contributed by atoms with Crippen molar-refractivity contribution >= 4 is 33.6 Å². The average molecular weight is 295 g/mol. The Bertz CT molecular complexity index is 509. The number of amides is 1. The molecular formula is C12H11BrN2O2. The van der Waals surface area contributed by atoms with Crippen LogP contribution in [0.25, 0.3) is 0 Å². The third kappa shape index (κ3) is 2.46. The summed E-state index contributed by atoms with van der Waals surface area (Å²) in [5.74, 6) is -0.000535. The lowest BCUT2D eigenvalue weighted by atomic mass is 10.2. The maximum atomic E-state index is 11.8. The van der Waals surface area contributed by atoms with Crippen molar-refractivity contribution in [2.24, 2.45) is 4.99 Å². The summed E-state index contributed by atoms with van der Waals surface area (Å²) in [6.07, 6.45) is 1.80. The first-order valence-electron chi connectivity index (χ1n) is 5.25. The summed E-state index contributed by atoms with van der Waals surface area (Å²) in [7, 11) is 0. The van der Waals surface area contributed by atoms with Gasteiger partial charge in [0, 0.05) is 16.7 Å². The van der Waals surface area contributed by atoms with Crippen LogP contribution in [-0.4, -0.2) is 24.6 Å². The van der Waals surface area contributed by atoms with E-state index < -0.39 is 0 Å². The molecule has 17 heavy (non-hydrogen) atoms. The van der Waals surface area contributed by atoms with Crippen molar-refractivity contribution in [2.45, 2.75) is 19.4 Å². The minimum Gasteiger partial charge on any atom is -0.310 e. The van der Waals surface area contributed by atoms with E-state index >= 15 is 0 Å². The number of anilines is 1. The Morgan fingerprint density at radius 3 is 2.94 bits per heavy atom. The predicted octanol–water partition coefficient (Wildman–Crippen LogP) is 2.20. The molecule has 4 nitrogen and oxygen atoms in total. The third-order valence-electron chi connectivity index (χ3n) is 2.79. The zero-order chi connectivity index (χ0) is 12.4. The molecule has 0 saturated carbocycles. The molecule has 0 N–H and O–H groups in total. The fourth-order valence-electron chi connectivity index (χ4n) is 2.00. The Balaban J connectivity index is 2.28. The van der Waals surface area contributed by atoms with Crippen molar-refractivity contribution in [2.75, 3.05) is 11.4 Å². The Morgan fingerprint density at radius 1 is 1.53 bits per heavy atom. The lowest BCUT2D eigenvalue weighted by Gasteiger charge is -2.18. The highest BCUT2D eigenvalue weighted by atomic mass is 79.9. The minimum absolute atomic E-state index is 0.000535. The van der Waals surface area contributed by atoms with Crippen LogP contribution in [0.1, 0.15) is 12.0 Å². The number of aryl methyl sites for hydroxylation is 1. The summed E-state index contributed by atoms with van der Waals surface area (Å²) in [4.78, 5) is 27.3. The maximum absolute atomic E-state index is 11.8. The predicted molar refractivity (Wildman–Crippen MR) is 67.8 cm³/mol. The second kappa shape index (κ2) is 4.82. The van der Waals surface area contributed by atoms with Gasteiger partial charge in [0.25, 0.3) is 0 Å². The largest absolute Gasteiger partial charge is 0.310 e. The number of aliphatic imine (C=N–C) groups is 1. The third-order valence-corrected chi connectivity index (χ3v) is 3.28. The van der Waals surface area contributed by atoms with E-state index in [1.807, 2.05) is 25.1 Å². The molecule has 1 aromatic rings. The lowest BCUT2D eigenvalue weighted by molar-refractivity contribution is -0.117. The Kier molecular flexibility index (Phi) is 3.41. The molecule has 5 heteroatoms. The maximum Gasteiger partial charge on any atom is 0.235 e. The number of isocyanates is 1. The lowest BCUT2D eigenvalue weighted by Crippen LogP contribution is -2.25. The number of rotatable bonds is 2. The van der Waals surface area contributed by atoms with E-state index in [1.165, 1.54) is 6.08 Å². The highest BCUT2D eigenvalue weighted by Crippen LogP contribution is 2.28. The van der Waals surface area contributed by atoms with Crippen LogP contribution in [0.3, 0.4) is 0 Å². The molecule has 1 aromatic carbocycles. The van der Waals surface area contributed by atoms with Gasteiger partial charge in [0.2, 0.25) is 12.0 Å². The first-order chi connectivity index (χ1) is 8.11. The molecule has 1 atom stereocenters. The van der Waals surface area contributed by atoms with Gasteiger partial charge in [-0.1, -0.05) is 15.9 Å². The Morgan fingerprint density at radius 2 is 2.29 bits per heavy atom. The molecule has 88 valence electrons. The summed E-state index contributed by atoms with van der Waals surface area (Å²) in [6, 6.07) is 5.48. The van der Waals surface area contributed by atoms with Gasteiger partial charge in [-0.15, -0.1) is 0 Å². The van der Waals surface area contributed by atoms with E-state index in [0.717, 1.165) is 15.7 Å². The SMILES string of the molecule is Cc1cc(Br)ccc1N1CC(N=C=O)CC1=O. The number of carbonyl (C=O) groups excluding carboxylic acids is 2. The van der Waals surface area contributed by atoms with Crippen LogP contribution >= 0.6 is 15.9 Å². The van der Waals surface area contributed by atoms with E-state index in [-0.39, 0.29) is 18.4 Å². The fraction of sp³-hybridized carbons (Fsp3) is 0.333. The van der Waals surface area contributed by atoms with Gasteiger partial charge in [-0.25, -0.2) is 9.79 Å². The summed E-state index contributed by atoms with van der Waals surface area (Å²) in [5.41, 5.74) is 1.89. The van der Waals surface area contributed by atoms with Crippen LogP contribution in [0.5, 0.6) is 0 Å². The van der Waals surface area contributed by atoms with Crippen LogP contribution in [-0.2, 0) is 9.59 Å². The molecule has 1 saturated heterocycles. The zero-order valence-electron chi connectivity index (χ0n) is 9.31. The number of benzene rings is 1. The van der Waals surface area contributed by atoms with E-state index in [1.54, 1.807) is 4.90 Å². The topological polar surface area (TPSA) is 49.7 Å². The number of halogens is 1. The summed E-state index contributed by atoms with van der Waals surface area (Å²) in [5, 5.41) is 0. The van der Waals surface area contributed by atoms with E-state index in [0.29, 0.717) is 6.54 Å². The van der Waals surface area contributed by atoms with Crippen LogP contribution < -0.4 is 4.90 Å². The molecule has 1 heterocycles. The van der Waals surface area contributed by atoms with Crippen molar-refractivity contribution in [3.63, 3.8) is 0 Å². The van der Waals surface area contributed by atoms with Crippen molar-refractivity contribution in [3.05, 3.63) is 28.2 Å². The zero-order valence-corrected chi connectivity index (χ0v) is 10.9. The fourth-order valence-corrected chi connectivity index (χ4v) is 2.48. The molecule has 0 bridgehead atoms. The van der Waals surface area contributed by atoms with Gasteiger partial charge < -0.3 is 4.90 Å². The summed E-state index contributed by atoms with van der Waals surface area (Å²) >= 11 is 3.38. The molecule has 1 unspecified atom stereocenters. The molecule has 1 amide bonds. The van der Waals surface area contributed by atoms with Crippen LogP contribution in [0.4, 0.5) is 5.69 Å². The molecule has 1 aliphatic heterocycles. The molecule has 2 rings (SSSR count). The number of hydrogen-bond donors (Lipinski definition) is 0. The van der Waals surface area contributed by atoms with Gasteiger partial charge in [0.05, 0.1) is 12.5 Å². The van der Waals surface area contributed by atoms with Crippen molar-refractivity contribution in [3.8, 4) is 0 Å². The first kappa shape index (κ1) is 12.0. The van der Waals surface area contributed by atoms with Crippen LogP contribution in [0.15, 0.2) is 27.7 Å². The molecule has 0 aromatic heterocycles. The molecular weight excluding hydrogens is 284 g/mol. The minimum atomic E-state index is -0.261. The number of nitrogens with zero attached hydrogens (tertiary/aromatic N) is 2. The first-order valence-corrected chi connectivity index (χ1v) is 6.04. The van der Waals surface area contributed by atoms with Crippen LogP contribution in [0.2, 0.25) is 0 Å².